The molecule has 1 N–H and O–H groups in total. The van der Waals surface area contributed by atoms with E-state index in [4.69, 9.17) is 4.74 Å². The molecular weight excluding hydrogens is 218 g/mol. The van der Waals surface area contributed by atoms with Gasteiger partial charge in [0.1, 0.15) is 6.10 Å². The van der Waals surface area contributed by atoms with E-state index in [9.17, 15) is 9.59 Å². The molecule has 4 nitrogen and oxygen atoms in total. The summed E-state index contributed by atoms with van der Waals surface area (Å²) in [5, 5.41) is 2.61. The van der Waals surface area contributed by atoms with Gasteiger partial charge in [0.25, 0.3) is 0 Å². The fourth-order valence-corrected chi connectivity index (χ4v) is 1.79. The van der Waals surface area contributed by atoms with Crippen molar-refractivity contribution in [1.82, 2.24) is 5.32 Å². The van der Waals surface area contributed by atoms with Crippen LogP contribution in [0.3, 0.4) is 0 Å². The van der Waals surface area contributed by atoms with Crippen molar-refractivity contribution in [1.29, 1.82) is 0 Å². The molecule has 1 atom stereocenters. The van der Waals surface area contributed by atoms with E-state index in [1.54, 1.807) is 24.3 Å². The van der Waals surface area contributed by atoms with Crippen LogP contribution < -0.4 is 5.32 Å². The maximum absolute atomic E-state index is 11.7. The highest BCUT2D eigenvalue weighted by Gasteiger charge is 2.23. The summed E-state index contributed by atoms with van der Waals surface area (Å²) in [5.41, 5.74) is 0.611. The lowest BCUT2D eigenvalue weighted by Crippen LogP contribution is -2.37. The van der Waals surface area contributed by atoms with Gasteiger partial charge in [-0.15, -0.1) is 0 Å². The second-order valence-electron chi connectivity index (χ2n) is 4.01. The first-order valence-electron chi connectivity index (χ1n) is 5.75. The summed E-state index contributed by atoms with van der Waals surface area (Å²) in [6, 6.07) is 8.92. The second-order valence-corrected chi connectivity index (χ2v) is 4.01. The van der Waals surface area contributed by atoms with Crippen molar-refractivity contribution in [3.8, 4) is 0 Å². The molecule has 0 aromatic heterocycles. The minimum absolute atomic E-state index is 0.0305. The molecule has 1 aromatic carbocycles. The minimum atomic E-state index is -0.376. The molecule has 90 valence electrons. The van der Waals surface area contributed by atoms with Crippen LogP contribution in [0.1, 0.15) is 23.2 Å². The zero-order valence-corrected chi connectivity index (χ0v) is 9.52. The Balaban J connectivity index is 1.82. The summed E-state index contributed by atoms with van der Waals surface area (Å²) in [4.78, 5) is 23.3. The average Bonchev–Trinajstić information content (AvgIpc) is 2.90. The van der Waals surface area contributed by atoms with Crippen LogP contribution >= 0.6 is 0 Å². The van der Waals surface area contributed by atoms with E-state index >= 15 is 0 Å². The van der Waals surface area contributed by atoms with Gasteiger partial charge >= 0.3 is 0 Å². The lowest BCUT2D eigenvalue weighted by atomic mass is 10.1. The first kappa shape index (κ1) is 11.8. The van der Waals surface area contributed by atoms with E-state index in [1.165, 1.54) is 0 Å². The molecule has 1 fully saturated rings. The summed E-state index contributed by atoms with van der Waals surface area (Å²) >= 11 is 0. The normalized spacial score (nSPS) is 18.9. The Morgan fingerprint density at radius 3 is 2.71 bits per heavy atom. The van der Waals surface area contributed by atoms with Crippen molar-refractivity contribution in [2.24, 2.45) is 0 Å². The van der Waals surface area contributed by atoms with Crippen LogP contribution in [-0.2, 0) is 9.53 Å². The molecule has 1 aliphatic rings. The number of Topliss-reactive ketones (excluding diaryl/α,β-unsaturated/α-hetero) is 1. The fraction of sp³-hybridized carbons (Fsp3) is 0.385. The van der Waals surface area contributed by atoms with Gasteiger partial charge in [-0.1, -0.05) is 30.3 Å². The Morgan fingerprint density at radius 2 is 2.06 bits per heavy atom. The predicted molar refractivity (Wildman–Crippen MR) is 62.8 cm³/mol. The van der Waals surface area contributed by atoms with Crippen molar-refractivity contribution < 1.29 is 14.3 Å². The van der Waals surface area contributed by atoms with Gasteiger partial charge in [-0.2, -0.15) is 0 Å². The smallest absolute Gasteiger partial charge is 0.249 e. The van der Waals surface area contributed by atoms with Crippen LogP contribution in [0.4, 0.5) is 0 Å². The lowest BCUT2D eigenvalue weighted by Gasteiger charge is -2.09. The molecule has 1 aliphatic heterocycles. The van der Waals surface area contributed by atoms with E-state index in [1.807, 2.05) is 6.07 Å². The van der Waals surface area contributed by atoms with E-state index < -0.39 is 0 Å². The third kappa shape index (κ3) is 3.14. The highest BCUT2D eigenvalue weighted by atomic mass is 16.5. The van der Waals surface area contributed by atoms with E-state index in [0.717, 1.165) is 12.8 Å². The quantitative estimate of drug-likeness (QED) is 0.794. The maximum atomic E-state index is 11.7. The molecule has 0 aliphatic carbocycles. The van der Waals surface area contributed by atoms with Crippen molar-refractivity contribution in [3.05, 3.63) is 35.9 Å². The number of carbonyl (C=O) groups is 2. The minimum Gasteiger partial charge on any atom is -0.368 e. The molecule has 1 heterocycles. The van der Waals surface area contributed by atoms with Crippen LogP contribution in [0.15, 0.2) is 30.3 Å². The number of hydrogen-bond acceptors (Lipinski definition) is 3. The van der Waals surface area contributed by atoms with Crippen LogP contribution in [0.2, 0.25) is 0 Å². The van der Waals surface area contributed by atoms with Gasteiger partial charge in [0.05, 0.1) is 6.54 Å². The van der Waals surface area contributed by atoms with E-state index in [0.29, 0.717) is 12.2 Å². The monoisotopic (exact) mass is 233 g/mol. The van der Waals surface area contributed by atoms with Crippen LogP contribution in [-0.4, -0.2) is 30.9 Å². The molecule has 1 unspecified atom stereocenters. The van der Waals surface area contributed by atoms with E-state index in [2.05, 4.69) is 5.32 Å². The number of ketones is 1. The Labute approximate surface area is 100.0 Å². The highest BCUT2D eigenvalue weighted by molar-refractivity contribution is 5.99. The molecule has 0 saturated carbocycles. The maximum Gasteiger partial charge on any atom is 0.249 e. The highest BCUT2D eigenvalue weighted by Crippen LogP contribution is 2.11. The zero-order chi connectivity index (χ0) is 12.1. The number of benzene rings is 1. The number of ether oxygens (including phenoxy) is 1. The molecular formula is C13H15NO3. The molecule has 4 heteroatoms. The Hall–Kier alpha value is -1.68. The summed E-state index contributed by atoms with van der Waals surface area (Å²) in [6.45, 7) is 0.660. The number of nitrogens with one attached hydrogen (secondary N) is 1. The SMILES string of the molecule is O=C(CNC(=O)C1CCCO1)c1ccccc1. The average molecular weight is 233 g/mol. The summed E-state index contributed by atoms with van der Waals surface area (Å²) in [5.74, 6) is -0.274. The Kier molecular flexibility index (Phi) is 3.88. The first-order valence-corrected chi connectivity index (χ1v) is 5.75. The fourth-order valence-electron chi connectivity index (χ4n) is 1.79. The molecule has 1 amide bonds. The van der Waals surface area contributed by atoms with Crippen molar-refractivity contribution in [2.75, 3.05) is 13.2 Å². The third-order valence-electron chi connectivity index (χ3n) is 2.74. The van der Waals surface area contributed by atoms with Crippen LogP contribution in [0.5, 0.6) is 0 Å². The third-order valence-corrected chi connectivity index (χ3v) is 2.74. The lowest BCUT2D eigenvalue weighted by molar-refractivity contribution is -0.129. The van der Waals surface area contributed by atoms with Gasteiger partial charge in [0.2, 0.25) is 5.91 Å². The van der Waals surface area contributed by atoms with Gasteiger partial charge in [-0.3, -0.25) is 9.59 Å². The first-order chi connectivity index (χ1) is 8.27. The zero-order valence-electron chi connectivity index (χ0n) is 9.52. The topological polar surface area (TPSA) is 55.4 Å². The summed E-state index contributed by atoms with van der Waals surface area (Å²) < 4.78 is 5.23. The molecule has 0 radical (unpaired) electrons. The second kappa shape index (κ2) is 5.59. The predicted octanol–water partition coefficient (Wildman–Crippen LogP) is 1.16. The molecule has 0 spiro atoms. The molecule has 1 saturated heterocycles. The Morgan fingerprint density at radius 1 is 1.29 bits per heavy atom. The van der Waals surface area contributed by atoms with Gasteiger partial charge in [0, 0.05) is 12.2 Å². The molecule has 0 bridgehead atoms. The van der Waals surface area contributed by atoms with Crippen LogP contribution in [0.25, 0.3) is 0 Å². The van der Waals surface area contributed by atoms with E-state index in [-0.39, 0.29) is 24.3 Å². The molecule has 2 rings (SSSR count). The number of carbonyl (C=O) groups excluding carboxylic acids is 2. The molecule has 1 aromatic rings. The van der Waals surface area contributed by atoms with Crippen molar-refractivity contribution >= 4 is 11.7 Å². The van der Waals surface area contributed by atoms with Gasteiger partial charge in [-0.05, 0) is 12.8 Å². The summed E-state index contributed by atoms with van der Waals surface area (Å²) in [6.07, 6.45) is 1.27. The Bertz CT molecular complexity index is 396. The standard InChI is InChI=1S/C13H15NO3/c15-11(10-5-2-1-3-6-10)9-14-13(16)12-7-4-8-17-12/h1-3,5-6,12H,4,7-9H2,(H,14,16). The van der Waals surface area contributed by atoms with Crippen molar-refractivity contribution in [3.63, 3.8) is 0 Å². The number of amides is 1. The number of rotatable bonds is 4. The largest absolute Gasteiger partial charge is 0.368 e. The van der Waals surface area contributed by atoms with Crippen LogP contribution in [0, 0.1) is 0 Å². The van der Waals surface area contributed by atoms with Gasteiger partial charge < -0.3 is 10.1 Å². The van der Waals surface area contributed by atoms with Gasteiger partial charge in [-0.25, -0.2) is 0 Å². The summed E-state index contributed by atoms with van der Waals surface area (Å²) in [7, 11) is 0. The van der Waals surface area contributed by atoms with Crippen molar-refractivity contribution in [2.45, 2.75) is 18.9 Å². The molecule has 17 heavy (non-hydrogen) atoms. The van der Waals surface area contributed by atoms with Gasteiger partial charge in [0.15, 0.2) is 5.78 Å². The number of hydrogen-bond donors (Lipinski definition) is 1.